The standard InChI is InChI=1S/C20H30N2O3/c1-14-10-19(24-3)20(25-4)11-16(14)12-21-9-5-6-18(21)13-22(15(2)23)17-7-8-17/h10-11,17-18H,5-9,12-13H2,1-4H3. The largest absolute Gasteiger partial charge is 0.493 e. The molecule has 3 rings (SSSR count). The quantitative estimate of drug-likeness (QED) is 0.761. The molecule has 2 fully saturated rings. The second-order valence-electron chi connectivity index (χ2n) is 7.30. The van der Waals surface area contributed by atoms with Crippen LogP contribution in [0.2, 0.25) is 0 Å². The highest BCUT2D eigenvalue weighted by molar-refractivity contribution is 5.74. The number of amides is 1. The molecule has 1 saturated carbocycles. The van der Waals surface area contributed by atoms with Crippen molar-refractivity contribution in [3.8, 4) is 11.5 Å². The number of likely N-dealkylation sites (tertiary alicyclic amines) is 1. The minimum atomic E-state index is 0.219. The first-order valence-electron chi connectivity index (χ1n) is 9.26. The Morgan fingerprint density at radius 1 is 1.20 bits per heavy atom. The van der Waals surface area contributed by atoms with E-state index >= 15 is 0 Å². The van der Waals surface area contributed by atoms with Gasteiger partial charge in [0.2, 0.25) is 5.91 Å². The van der Waals surface area contributed by atoms with E-state index in [0.29, 0.717) is 12.1 Å². The fourth-order valence-electron chi connectivity index (χ4n) is 3.87. The van der Waals surface area contributed by atoms with Crippen molar-refractivity contribution in [1.29, 1.82) is 0 Å². The fourth-order valence-corrected chi connectivity index (χ4v) is 3.87. The Labute approximate surface area is 150 Å². The van der Waals surface area contributed by atoms with Crippen molar-refractivity contribution < 1.29 is 14.3 Å². The average Bonchev–Trinajstić information content (AvgIpc) is 3.34. The van der Waals surface area contributed by atoms with E-state index in [2.05, 4.69) is 22.8 Å². The highest BCUT2D eigenvalue weighted by Gasteiger charge is 2.35. The number of hydrogen-bond acceptors (Lipinski definition) is 4. The number of methoxy groups -OCH3 is 2. The minimum Gasteiger partial charge on any atom is -0.493 e. The zero-order valence-corrected chi connectivity index (χ0v) is 15.9. The number of benzene rings is 1. The van der Waals surface area contributed by atoms with E-state index in [4.69, 9.17) is 9.47 Å². The zero-order valence-electron chi connectivity index (χ0n) is 15.9. The Morgan fingerprint density at radius 2 is 1.88 bits per heavy atom. The smallest absolute Gasteiger partial charge is 0.219 e. The van der Waals surface area contributed by atoms with Crippen LogP contribution in [0.15, 0.2) is 12.1 Å². The summed E-state index contributed by atoms with van der Waals surface area (Å²) in [5.41, 5.74) is 2.49. The van der Waals surface area contributed by atoms with Crippen LogP contribution < -0.4 is 9.47 Å². The maximum Gasteiger partial charge on any atom is 0.219 e. The molecule has 0 N–H and O–H groups in total. The van der Waals surface area contributed by atoms with Crippen molar-refractivity contribution in [2.45, 2.75) is 58.2 Å². The van der Waals surface area contributed by atoms with E-state index in [9.17, 15) is 4.79 Å². The van der Waals surface area contributed by atoms with Crippen molar-refractivity contribution in [2.75, 3.05) is 27.3 Å². The van der Waals surface area contributed by atoms with Gasteiger partial charge in [-0.2, -0.15) is 0 Å². The summed E-state index contributed by atoms with van der Waals surface area (Å²) in [6, 6.07) is 5.08. The number of carbonyl (C=O) groups excluding carboxylic acids is 1. The molecule has 1 amide bonds. The van der Waals surface area contributed by atoms with Crippen LogP contribution in [-0.2, 0) is 11.3 Å². The lowest BCUT2D eigenvalue weighted by Crippen LogP contribution is -2.43. The van der Waals surface area contributed by atoms with E-state index in [-0.39, 0.29) is 5.91 Å². The van der Waals surface area contributed by atoms with Gasteiger partial charge in [0, 0.05) is 32.1 Å². The zero-order chi connectivity index (χ0) is 18.0. The molecule has 0 spiro atoms. The van der Waals surface area contributed by atoms with Gasteiger partial charge in [-0.25, -0.2) is 0 Å². The predicted octanol–water partition coefficient (Wildman–Crippen LogP) is 2.99. The van der Waals surface area contributed by atoms with Gasteiger partial charge in [0.1, 0.15) is 0 Å². The van der Waals surface area contributed by atoms with Gasteiger partial charge < -0.3 is 14.4 Å². The molecule has 5 nitrogen and oxygen atoms in total. The molecule has 0 bridgehead atoms. The Kier molecular flexibility index (Phi) is 5.52. The average molecular weight is 346 g/mol. The Balaban J connectivity index is 1.72. The summed E-state index contributed by atoms with van der Waals surface area (Å²) < 4.78 is 10.9. The molecule has 1 saturated heterocycles. The Morgan fingerprint density at radius 3 is 2.48 bits per heavy atom. The van der Waals surface area contributed by atoms with Crippen LogP contribution in [0.1, 0.15) is 43.7 Å². The lowest BCUT2D eigenvalue weighted by atomic mass is 10.1. The molecule has 5 heteroatoms. The summed E-state index contributed by atoms with van der Waals surface area (Å²) in [5, 5.41) is 0. The monoisotopic (exact) mass is 346 g/mol. The van der Waals surface area contributed by atoms with Crippen LogP contribution in [0.5, 0.6) is 11.5 Å². The molecule has 0 radical (unpaired) electrons. The van der Waals surface area contributed by atoms with Crippen molar-refractivity contribution in [2.24, 2.45) is 0 Å². The van der Waals surface area contributed by atoms with Gasteiger partial charge in [-0.05, 0) is 62.4 Å². The van der Waals surface area contributed by atoms with Gasteiger partial charge >= 0.3 is 0 Å². The summed E-state index contributed by atoms with van der Waals surface area (Å²) in [7, 11) is 3.34. The highest BCUT2D eigenvalue weighted by Crippen LogP contribution is 2.33. The second-order valence-corrected chi connectivity index (χ2v) is 7.30. The van der Waals surface area contributed by atoms with E-state index in [1.54, 1.807) is 21.1 Å². The number of aryl methyl sites for hydroxylation is 1. The molecular weight excluding hydrogens is 316 g/mol. The molecule has 2 aliphatic rings. The van der Waals surface area contributed by atoms with Crippen LogP contribution in [0.25, 0.3) is 0 Å². The van der Waals surface area contributed by atoms with E-state index in [0.717, 1.165) is 31.1 Å². The van der Waals surface area contributed by atoms with E-state index < -0.39 is 0 Å². The lowest BCUT2D eigenvalue weighted by Gasteiger charge is -2.31. The lowest BCUT2D eigenvalue weighted by molar-refractivity contribution is -0.130. The molecule has 1 aliphatic heterocycles. The van der Waals surface area contributed by atoms with Crippen LogP contribution in [-0.4, -0.2) is 55.1 Å². The van der Waals surface area contributed by atoms with Crippen molar-refractivity contribution in [3.63, 3.8) is 0 Å². The third-order valence-corrected chi connectivity index (χ3v) is 5.51. The first-order chi connectivity index (χ1) is 12.0. The summed E-state index contributed by atoms with van der Waals surface area (Å²) in [6.07, 6.45) is 4.71. The second kappa shape index (κ2) is 7.65. The summed E-state index contributed by atoms with van der Waals surface area (Å²) in [5.74, 6) is 1.78. The SMILES string of the molecule is COc1cc(C)c(CN2CCCC2CN(C(C)=O)C2CC2)cc1OC. The molecule has 25 heavy (non-hydrogen) atoms. The number of carbonyl (C=O) groups is 1. The van der Waals surface area contributed by atoms with E-state index in [1.807, 2.05) is 6.07 Å². The van der Waals surface area contributed by atoms with Crippen LogP contribution in [0.4, 0.5) is 0 Å². The van der Waals surface area contributed by atoms with Crippen molar-refractivity contribution in [1.82, 2.24) is 9.80 Å². The minimum absolute atomic E-state index is 0.219. The van der Waals surface area contributed by atoms with E-state index in [1.165, 1.54) is 36.8 Å². The summed E-state index contributed by atoms with van der Waals surface area (Å²) in [4.78, 5) is 16.6. The van der Waals surface area contributed by atoms with Gasteiger partial charge in [-0.3, -0.25) is 9.69 Å². The fraction of sp³-hybridized carbons (Fsp3) is 0.650. The third-order valence-electron chi connectivity index (χ3n) is 5.51. The molecule has 1 atom stereocenters. The molecule has 0 aromatic heterocycles. The number of hydrogen-bond donors (Lipinski definition) is 0. The Bertz CT molecular complexity index is 628. The number of nitrogens with zero attached hydrogens (tertiary/aromatic N) is 2. The van der Waals surface area contributed by atoms with Gasteiger partial charge in [-0.1, -0.05) is 0 Å². The molecular formula is C20H30N2O3. The normalized spacial score (nSPS) is 20.6. The third kappa shape index (κ3) is 4.09. The van der Waals surface area contributed by atoms with Gasteiger partial charge in [0.25, 0.3) is 0 Å². The van der Waals surface area contributed by atoms with Crippen LogP contribution in [0.3, 0.4) is 0 Å². The predicted molar refractivity (Wildman–Crippen MR) is 98.1 cm³/mol. The van der Waals surface area contributed by atoms with Crippen LogP contribution >= 0.6 is 0 Å². The Hall–Kier alpha value is -1.75. The maximum absolute atomic E-state index is 12.0. The molecule has 1 aliphatic carbocycles. The number of ether oxygens (including phenoxy) is 2. The summed E-state index contributed by atoms with van der Waals surface area (Å²) in [6.45, 7) is 6.68. The highest BCUT2D eigenvalue weighted by atomic mass is 16.5. The van der Waals surface area contributed by atoms with Gasteiger partial charge in [0.15, 0.2) is 11.5 Å². The molecule has 1 unspecified atom stereocenters. The van der Waals surface area contributed by atoms with Crippen LogP contribution in [0, 0.1) is 6.92 Å². The first kappa shape index (κ1) is 18.1. The molecule has 138 valence electrons. The topological polar surface area (TPSA) is 42.0 Å². The molecule has 1 aromatic rings. The van der Waals surface area contributed by atoms with Crippen molar-refractivity contribution in [3.05, 3.63) is 23.3 Å². The maximum atomic E-state index is 12.0. The summed E-state index contributed by atoms with van der Waals surface area (Å²) >= 11 is 0. The van der Waals surface area contributed by atoms with Gasteiger partial charge in [0.05, 0.1) is 14.2 Å². The van der Waals surface area contributed by atoms with Crippen molar-refractivity contribution >= 4 is 5.91 Å². The van der Waals surface area contributed by atoms with Gasteiger partial charge in [-0.15, -0.1) is 0 Å². The number of rotatable bonds is 7. The molecule has 1 heterocycles. The first-order valence-corrected chi connectivity index (χ1v) is 9.26. The molecule has 1 aromatic carbocycles.